The van der Waals surface area contributed by atoms with Crippen LogP contribution in [0.1, 0.15) is 12.8 Å². The van der Waals surface area contributed by atoms with Crippen molar-refractivity contribution in [3.63, 3.8) is 0 Å². The van der Waals surface area contributed by atoms with Crippen molar-refractivity contribution in [2.75, 3.05) is 26.2 Å². The summed E-state index contributed by atoms with van der Waals surface area (Å²) in [7, 11) is 3.38. The van der Waals surface area contributed by atoms with Gasteiger partial charge in [0.05, 0.1) is 0 Å². The maximum absolute atomic E-state index is 5.81. The van der Waals surface area contributed by atoms with Crippen LogP contribution in [0.15, 0.2) is 30.3 Å². The molecule has 0 unspecified atom stereocenters. The molecule has 1 aromatic heterocycles. The van der Waals surface area contributed by atoms with Crippen molar-refractivity contribution in [1.29, 1.82) is 0 Å². The normalized spacial score (nSPS) is 14.9. The maximum Gasteiger partial charge on any atom is 0.119 e. The lowest BCUT2D eigenvalue weighted by molar-refractivity contribution is 0.238. The van der Waals surface area contributed by atoms with Crippen LogP contribution in [0.3, 0.4) is 0 Å². The molecule has 0 aliphatic carbocycles. The summed E-state index contributed by atoms with van der Waals surface area (Å²) in [6, 6.07) is 10.4. The summed E-state index contributed by atoms with van der Waals surface area (Å²) in [5.74, 6) is 0.951. The van der Waals surface area contributed by atoms with Crippen molar-refractivity contribution in [1.82, 2.24) is 4.90 Å². The Kier molecular flexibility index (Phi) is 6.64. The van der Waals surface area contributed by atoms with Crippen LogP contribution in [0.5, 0.6) is 5.75 Å². The number of halogens is 1. The summed E-state index contributed by atoms with van der Waals surface area (Å²) in [6.07, 6.45) is 2.67. The van der Waals surface area contributed by atoms with Crippen molar-refractivity contribution < 1.29 is 4.74 Å². The second-order valence-corrected chi connectivity index (χ2v) is 7.83. The predicted octanol–water partition coefficient (Wildman–Crippen LogP) is 5.10. The molecule has 0 amide bonds. The first-order valence-electron chi connectivity index (χ1n) is 6.87. The quantitative estimate of drug-likeness (QED) is 0.544. The van der Waals surface area contributed by atoms with Gasteiger partial charge in [-0.1, -0.05) is 32.9 Å². The van der Waals surface area contributed by atoms with E-state index in [4.69, 9.17) is 17.0 Å². The average Bonchev–Trinajstić information content (AvgIpc) is 3.11. The van der Waals surface area contributed by atoms with E-state index in [9.17, 15) is 0 Å². The number of benzene rings is 1. The van der Waals surface area contributed by atoms with Crippen LogP contribution >= 0.6 is 45.3 Å². The molecule has 0 N–H and O–H groups in total. The van der Waals surface area contributed by atoms with Gasteiger partial charge in [-0.25, -0.2) is 0 Å². The van der Waals surface area contributed by atoms with Crippen LogP contribution < -0.4 is 4.74 Å². The molecule has 1 aromatic carbocycles. The molecule has 2 heterocycles. The number of rotatable bonds is 5. The first-order chi connectivity index (χ1) is 9.81. The van der Waals surface area contributed by atoms with Gasteiger partial charge in [-0.15, -0.1) is 12.4 Å². The Labute approximate surface area is 144 Å². The van der Waals surface area contributed by atoms with E-state index >= 15 is 0 Å². The zero-order valence-corrected chi connectivity index (χ0v) is 14.9. The Balaban J connectivity index is 0.00000161. The Morgan fingerprint density at radius 1 is 1.10 bits per heavy atom. The number of nitrogens with zero attached hydrogens (tertiary/aromatic N) is 1. The van der Waals surface area contributed by atoms with E-state index < -0.39 is 0 Å². The average molecular weight is 360 g/mol. The molecule has 6 heteroatoms. The van der Waals surface area contributed by atoms with Crippen LogP contribution in [0.25, 0.3) is 10.4 Å². The van der Waals surface area contributed by atoms with Crippen molar-refractivity contribution >= 4 is 45.3 Å². The van der Waals surface area contributed by atoms with Gasteiger partial charge in [0.25, 0.3) is 0 Å². The van der Waals surface area contributed by atoms with Crippen molar-refractivity contribution in [2.24, 2.45) is 0 Å². The molecule has 21 heavy (non-hydrogen) atoms. The highest BCUT2D eigenvalue weighted by Crippen LogP contribution is 2.30. The van der Waals surface area contributed by atoms with Gasteiger partial charge in [-0.05, 0) is 61.8 Å². The molecule has 0 radical (unpaired) electrons. The lowest BCUT2D eigenvalue weighted by Gasteiger charge is -2.14. The third-order valence-corrected chi connectivity index (χ3v) is 6.39. The molecule has 0 saturated carbocycles. The highest BCUT2D eigenvalue weighted by molar-refractivity contribution is 7.80. The molecule has 3 rings (SSSR count). The van der Waals surface area contributed by atoms with Crippen LogP contribution in [0, 0.1) is 3.82 Å². The summed E-state index contributed by atoms with van der Waals surface area (Å²) in [5.41, 5.74) is 1.22. The SMILES string of the molecule is Cl.S=c1cc(-c2ccc(OCCN3CCCC3)cc2)ss1. The largest absolute Gasteiger partial charge is 0.492 e. The van der Waals surface area contributed by atoms with E-state index in [2.05, 4.69) is 23.1 Å². The zero-order valence-electron chi connectivity index (χ0n) is 11.6. The predicted molar refractivity (Wildman–Crippen MR) is 96.9 cm³/mol. The minimum Gasteiger partial charge on any atom is -0.492 e. The van der Waals surface area contributed by atoms with Gasteiger partial charge in [0.2, 0.25) is 0 Å². The summed E-state index contributed by atoms with van der Waals surface area (Å²) < 4.78 is 6.76. The van der Waals surface area contributed by atoms with Crippen LogP contribution in [0.2, 0.25) is 0 Å². The fourth-order valence-electron chi connectivity index (χ4n) is 2.39. The minimum atomic E-state index is 0. The molecule has 1 saturated heterocycles. The van der Waals surface area contributed by atoms with Crippen LogP contribution in [-0.2, 0) is 0 Å². The highest BCUT2D eigenvalue weighted by atomic mass is 35.5. The fraction of sp³-hybridized carbons (Fsp3) is 0.400. The Morgan fingerprint density at radius 3 is 2.43 bits per heavy atom. The van der Waals surface area contributed by atoms with E-state index in [1.165, 1.54) is 36.4 Å². The lowest BCUT2D eigenvalue weighted by Crippen LogP contribution is -2.25. The molecule has 2 aromatic rings. The van der Waals surface area contributed by atoms with Crippen molar-refractivity contribution in [2.45, 2.75) is 12.8 Å². The van der Waals surface area contributed by atoms with Gasteiger partial charge >= 0.3 is 0 Å². The minimum absolute atomic E-state index is 0. The Morgan fingerprint density at radius 2 is 1.81 bits per heavy atom. The zero-order chi connectivity index (χ0) is 13.8. The third kappa shape index (κ3) is 4.76. The summed E-state index contributed by atoms with van der Waals surface area (Å²) >= 11 is 5.17. The highest BCUT2D eigenvalue weighted by Gasteiger charge is 2.10. The first-order valence-corrected chi connectivity index (χ1v) is 9.43. The van der Waals surface area contributed by atoms with E-state index in [1.54, 1.807) is 20.7 Å². The van der Waals surface area contributed by atoms with Crippen LogP contribution in [-0.4, -0.2) is 31.1 Å². The Hall–Kier alpha value is -0.460. The van der Waals surface area contributed by atoms with Gasteiger partial charge in [-0.3, -0.25) is 4.90 Å². The number of likely N-dealkylation sites (tertiary alicyclic amines) is 1. The van der Waals surface area contributed by atoms with E-state index in [0.717, 1.165) is 22.7 Å². The smallest absolute Gasteiger partial charge is 0.119 e. The standard InChI is InChI=1S/C15H17NOS3.ClH/c18-15-11-14(19-20-15)12-3-5-13(6-4-12)17-10-9-16-7-1-2-8-16;/h3-6,11H,1-2,7-10H2;1H. The van der Waals surface area contributed by atoms with Gasteiger partial charge < -0.3 is 4.74 Å². The van der Waals surface area contributed by atoms with Crippen molar-refractivity contribution in [3.05, 3.63) is 34.2 Å². The molecule has 114 valence electrons. The molecule has 1 aliphatic heterocycles. The second kappa shape index (κ2) is 8.25. The van der Waals surface area contributed by atoms with Gasteiger partial charge in [0, 0.05) is 11.4 Å². The van der Waals surface area contributed by atoms with Crippen molar-refractivity contribution in [3.8, 4) is 16.2 Å². The number of hydrogen-bond acceptors (Lipinski definition) is 5. The third-order valence-electron chi connectivity index (χ3n) is 3.48. The molecule has 1 aliphatic rings. The Bertz CT molecular complexity index is 602. The van der Waals surface area contributed by atoms with E-state index in [1.807, 2.05) is 12.1 Å². The maximum atomic E-state index is 5.81. The molecule has 1 fully saturated rings. The molecule has 0 bridgehead atoms. The summed E-state index contributed by atoms with van der Waals surface area (Å²) in [5, 5.41) is 0. The summed E-state index contributed by atoms with van der Waals surface area (Å²) in [6.45, 7) is 4.26. The topological polar surface area (TPSA) is 12.5 Å². The van der Waals surface area contributed by atoms with Gasteiger partial charge in [0.1, 0.15) is 16.2 Å². The number of hydrogen-bond donors (Lipinski definition) is 0. The monoisotopic (exact) mass is 359 g/mol. The first kappa shape index (κ1) is 16.9. The molecule has 0 atom stereocenters. The molecule has 2 nitrogen and oxygen atoms in total. The van der Waals surface area contributed by atoms with Gasteiger partial charge in [-0.2, -0.15) is 0 Å². The molecule has 0 spiro atoms. The fourth-order valence-corrected chi connectivity index (χ4v) is 4.79. The summed E-state index contributed by atoms with van der Waals surface area (Å²) in [4.78, 5) is 3.70. The second-order valence-electron chi connectivity index (χ2n) is 4.92. The van der Waals surface area contributed by atoms with E-state index in [0.29, 0.717) is 0 Å². The molecular formula is C15H18ClNOS3. The molecular weight excluding hydrogens is 342 g/mol. The number of ether oxygens (including phenoxy) is 1. The van der Waals surface area contributed by atoms with E-state index in [-0.39, 0.29) is 12.4 Å². The van der Waals surface area contributed by atoms with Gasteiger partial charge in [0.15, 0.2) is 0 Å². The lowest BCUT2D eigenvalue weighted by atomic mass is 10.2. The van der Waals surface area contributed by atoms with Crippen LogP contribution in [0.4, 0.5) is 0 Å².